The van der Waals surface area contributed by atoms with Crippen LogP contribution in [0.3, 0.4) is 0 Å². The number of carbonyl (C=O) groups excluding carboxylic acids is 1. The molecular weight excluding hydrogens is 435 g/mol. The van der Waals surface area contributed by atoms with Gasteiger partial charge in [0.25, 0.3) is 5.91 Å². The number of halogens is 3. The first-order valence-corrected chi connectivity index (χ1v) is 9.89. The molecule has 0 unspecified atom stereocenters. The Hall–Kier alpha value is -4.13. The Morgan fingerprint density at radius 3 is 2.58 bits per heavy atom. The lowest BCUT2D eigenvalue weighted by molar-refractivity contribution is -0.141. The van der Waals surface area contributed by atoms with Gasteiger partial charge < -0.3 is 9.32 Å². The lowest BCUT2D eigenvalue weighted by Crippen LogP contribution is -2.38. The molecule has 0 radical (unpaired) electrons. The van der Waals surface area contributed by atoms with Gasteiger partial charge in [-0.2, -0.15) is 23.5 Å². The maximum atomic E-state index is 13.5. The number of hydrogen-bond acceptors (Lipinski definition) is 5. The number of benzene rings is 1. The maximum Gasteiger partial charge on any atom is 0.406 e. The van der Waals surface area contributed by atoms with Crippen molar-refractivity contribution >= 4 is 16.9 Å². The molecule has 10 heteroatoms. The van der Waals surface area contributed by atoms with Crippen LogP contribution in [0.1, 0.15) is 27.2 Å². The van der Waals surface area contributed by atoms with E-state index in [1.807, 2.05) is 6.07 Å². The van der Waals surface area contributed by atoms with Crippen LogP contribution < -0.4 is 0 Å². The van der Waals surface area contributed by atoms with E-state index < -0.39 is 18.6 Å². The summed E-state index contributed by atoms with van der Waals surface area (Å²) in [6.45, 7) is -0.0591. The number of nitrogens with zero attached hydrogens (tertiary/aromatic N) is 5. The van der Waals surface area contributed by atoms with Crippen LogP contribution in [-0.2, 0) is 13.6 Å². The standard InChI is InChI=1S/C23H18F3N5O2/c1-14-20-17(10-18(19-4-3-9-33-19)28-21(20)30(2)29-14)22(32)31(13-23(24,25)26)12-16-7-5-15(11-27)6-8-16/h3-10H,12-13H2,1-2H3. The van der Waals surface area contributed by atoms with Crippen LogP contribution >= 0.6 is 0 Å². The molecule has 0 bridgehead atoms. The molecule has 0 saturated carbocycles. The fourth-order valence-electron chi connectivity index (χ4n) is 3.66. The first kappa shape index (κ1) is 22.1. The molecule has 4 rings (SSSR count). The van der Waals surface area contributed by atoms with E-state index in [9.17, 15) is 18.0 Å². The number of carbonyl (C=O) groups is 1. The molecule has 0 N–H and O–H groups in total. The molecule has 168 valence electrons. The second kappa shape index (κ2) is 8.43. The van der Waals surface area contributed by atoms with Gasteiger partial charge in [0.1, 0.15) is 12.2 Å². The fraction of sp³-hybridized carbons (Fsp3) is 0.217. The van der Waals surface area contributed by atoms with Crippen molar-refractivity contribution < 1.29 is 22.4 Å². The van der Waals surface area contributed by atoms with Crippen LogP contribution in [0, 0.1) is 18.3 Å². The SMILES string of the molecule is Cc1nn(C)c2nc(-c3ccco3)cc(C(=O)N(Cc3ccc(C#N)cc3)CC(F)(F)F)c12. The maximum absolute atomic E-state index is 13.5. The summed E-state index contributed by atoms with van der Waals surface area (Å²) < 4.78 is 47.1. The molecule has 3 heterocycles. The van der Waals surface area contributed by atoms with E-state index in [2.05, 4.69) is 10.1 Å². The summed E-state index contributed by atoms with van der Waals surface area (Å²) in [7, 11) is 1.65. The number of alkyl halides is 3. The van der Waals surface area contributed by atoms with Gasteiger partial charge in [-0.25, -0.2) is 4.98 Å². The summed E-state index contributed by atoms with van der Waals surface area (Å²) in [5, 5.41) is 13.6. The Morgan fingerprint density at radius 1 is 1.24 bits per heavy atom. The van der Waals surface area contributed by atoms with Gasteiger partial charge in [0.2, 0.25) is 0 Å². The summed E-state index contributed by atoms with van der Waals surface area (Å²) in [6.07, 6.45) is -3.17. The molecule has 1 aromatic carbocycles. The molecule has 4 aromatic rings. The van der Waals surface area contributed by atoms with Crippen molar-refractivity contribution in [1.82, 2.24) is 19.7 Å². The van der Waals surface area contributed by atoms with Crippen LogP contribution in [0.5, 0.6) is 0 Å². The normalized spacial score (nSPS) is 11.5. The average molecular weight is 453 g/mol. The fourth-order valence-corrected chi connectivity index (χ4v) is 3.66. The Bertz CT molecular complexity index is 1350. The highest BCUT2D eigenvalue weighted by Gasteiger charge is 2.34. The topological polar surface area (TPSA) is 87.9 Å². The zero-order valence-corrected chi connectivity index (χ0v) is 17.7. The number of fused-ring (bicyclic) bond motifs is 1. The molecule has 7 nitrogen and oxygen atoms in total. The second-order valence-electron chi connectivity index (χ2n) is 7.53. The van der Waals surface area contributed by atoms with Crippen molar-refractivity contribution in [3.05, 3.63) is 71.1 Å². The third-order valence-electron chi connectivity index (χ3n) is 5.09. The Morgan fingerprint density at radius 2 is 1.97 bits per heavy atom. The zero-order chi connectivity index (χ0) is 23.8. The lowest BCUT2D eigenvalue weighted by atomic mass is 10.1. The number of amides is 1. The molecule has 0 aliphatic carbocycles. The minimum absolute atomic E-state index is 0.0508. The molecule has 0 saturated heterocycles. The van der Waals surface area contributed by atoms with Gasteiger partial charge in [-0.15, -0.1) is 0 Å². The highest BCUT2D eigenvalue weighted by atomic mass is 19.4. The van der Waals surface area contributed by atoms with Crippen LogP contribution in [0.4, 0.5) is 13.2 Å². The number of rotatable bonds is 5. The van der Waals surface area contributed by atoms with E-state index in [1.54, 1.807) is 26.1 Å². The highest BCUT2D eigenvalue weighted by molar-refractivity contribution is 6.07. The van der Waals surface area contributed by atoms with Gasteiger partial charge in [0, 0.05) is 13.6 Å². The van der Waals surface area contributed by atoms with Gasteiger partial charge >= 0.3 is 6.18 Å². The Labute approximate surface area is 186 Å². The van der Waals surface area contributed by atoms with Gasteiger partial charge in [0.15, 0.2) is 11.4 Å². The highest BCUT2D eigenvalue weighted by Crippen LogP contribution is 2.29. The summed E-state index contributed by atoms with van der Waals surface area (Å²) in [4.78, 5) is 18.8. The number of aromatic nitrogens is 3. The van der Waals surface area contributed by atoms with Crippen LogP contribution in [0.15, 0.2) is 53.1 Å². The van der Waals surface area contributed by atoms with Crippen LogP contribution in [0.25, 0.3) is 22.5 Å². The molecule has 1 amide bonds. The van der Waals surface area contributed by atoms with Crippen molar-refractivity contribution in [3.63, 3.8) is 0 Å². The Balaban J connectivity index is 1.82. The number of hydrogen-bond donors (Lipinski definition) is 0. The molecule has 0 spiro atoms. The quantitative estimate of drug-likeness (QED) is 0.440. The smallest absolute Gasteiger partial charge is 0.406 e. The number of nitriles is 1. The first-order valence-electron chi connectivity index (χ1n) is 9.89. The minimum Gasteiger partial charge on any atom is -0.463 e. The van der Waals surface area contributed by atoms with Crippen LogP contribution in [-0.4, -0.2) is 38.3 Å². The van der Waals surface area contributed by atoms with Crippen molar-refractivity contribution in [2.24, 2.45) is 7.05 Å². The molecule has 0 fully saturated rings. The summed E-state index contributed by atoms with van der Waals surface area (Å²) in [5.74, 6) is -0.438. The van der Waals surface area contributed by atoms with E-state index in [0.29, 0.717) is 39.3 Å². The monoisotopic (exact) mass is 453 g/mol. The molecular formula is C23H18F3N5O2. The predicted molar refractivity (Wildman–Crippen MR) is 113 cm³/mol. The van der Waals surface area contributed by atoms with E-state index in [4.69, 9.17) is 9.68 Å². The van der Waals surface area contributed by atoms with Crippen molar-refractivity contribution in [2.75, 3.05) is 6.54 Å². The number of aryl methyl sites for hydroxylation is 2. The second-order valence-corrected chi connectivity index (χ2v) is 7.53. The molecule has 0 aliphatic rings. The third-order valence-corrected chi connectivity index (χ3v) is 5.09. The summed E-state index contributed by atoms with van der Waals surface area (Å²) in [6, 6.07) is 12.7. The third kappa shape index (κ3) is 4.57. The van der Waals surface area contributed by atoms with Gasteiger partial charge in [-0.05, 0) is 42.8 Å². The molecule has 0 atom stereocenters. The summed E-state index contributed by atoms with van der Waals surface area (Å²) in [5.41, 5.74) is 2.03. The van der Waals surface area contributed by atoms with Crippen molar-refractivity contribution in [3.8, 4) is 17.5 Å². The summed E-state index contributed by atoms with van der Waals surface area (Å²) >= 11 is 0. The van der Waals surface area contributed by atoms with Gasteiger partial charge in [-0.1, -0.05) is 12.1 Å². The van der Waals surface area contributed by atoms with E-state index >= 15 is 0 Å². The zero-order valence-electron chi connectivity index (χ0n) is 17.7. The molecule has 33 heavy (non-hydrogen) atoms. The Kier molecular flexibility index (Phi) is 5.64. The van der Waals surface area contributed by atoms with Crippen molar-refractivity contribution in [1.29, 1.82) is 5.26 Å². The van der Waals surface area contributed by atoms with E-state index in [-0.39, 0.29) is 12.1 Å². The van der Waals surface area contributed by atoms with Gasteiger partial charge in [-0.3, -0.25) is 9.48 Å². The molecule has 3 aromatic heterocycles. The predicted octanol–water partition coefficient (Wildman–Crippen LogP) is 4.61. The number of pyridine rings is 1. The van der Waals surface area contributed by atoms with Crippen molar-refractivity contribution in [2.45, 2.75) is 19.6 Å². The lowest BCUT2D eigenvalue weighted by Gasteiger charge is -2.25. The van der Waals surface area contributed by atoms with E-state index in [1.165, 1.54) is 41.3 Å². The van der Waals surface area contributed by atoms with E-state index in [0.717, 1.165) is 4.90 Å². The van der Waals surface area contributed by atoms with Gasteiger partial charge in [0.05, 0.1) is 34.5 Å². The number of furan rings is 1. The minimum atomic E-state index is -4.61. The van der Waals surface area contributed by atoms with Crippen LogP contribution in [0.2, 0.25) is 0 Å². The average Bonchev–Trinajstić information content (AvgIpc) is 3.40. The first-order chi connectivity index (χ1) is 15.7. The largest absolute Gasteiger partial charge is 0.463 e. The molecule has 0 aliphatic heterocycles.